The maximum atomic E-state index is 11.6. The van der Waals surface area contributed by atoms with E-state index in [1.165, 1.54) is 121 Å². The molecule has 5 nitrogen and oxygen atoms in total. The summed E-state index contributed by atoms with van der Waals surface area (Å²) >= 11 is 0. The van der Waals surface area contributed by atoms with Crippen LogP contribution in [0.5, 0.6) is 0 Å². The Balaban J connectivity index is 0.00000588. The van der Waals surface area contributed by atoms with Gasteiger partial charge in [-0.2, -0.15) is 0 Å². The molecule has 1 heterocycles. The number of rotatable bonds is 22. The Kier molecular flexibility index (Phi) is 19.1. The summed E-state index contributed by atoms with van der Waals surface area (Å²) in [5.74, 6) is 0. The number of nitrogens with one attached hydrogen (secondary N) is 1. The number of hydrogen-bond acceptors (Lipinski definition) is 5. The van der Waals surface area contributed by atoms with Crippen molar-refractivity contribution >= 4 is 21.5 Å². The first kappa shape index (κ1) is 36.8. The summed E-state index contributed by atoms with van der Waals surface area (Å²) in [5.41, 5.74) is 2.86. The second-order valence-electron chi connectivity index (χ2n) is 11.7. The van der Waals surface area contributed by atoms with E-state index in [2.05, 4.69) is 29.3 Å². The molecule has 2 aromatic carbocycles. The standard InChI is InChI=1S/C34H54N2O3S.K/c1-2-3-4-5-6-7-8-9-10-11-12-13-14-15-16-17-18-22-25-34-35-32-27-26-31(40(37,38)39)28-33(32)36(34)29-30-23-20-19-21-24-30;/h19-21,23-24,26-28,34-35H,2-18,22,25,29H2,1H3,(H,37,38,39);/q;+1/p-1. The average Bonchev–Trinajstić information content (AvgIpc) is 3.28. The van der Waals surface area contributed by atoms with Crippen LogP contribution in [0, 0.1) is 0 Å². The van der Waals surface area contributed by atoms with Crippen LogP contribution in [0.25, 0.3) is 0 Å². The Bertz CT molecular complexity index is 1060. The largest absolute Gasteiger partial charge is 1.00 e. The number of fused-ring (bicyclic) bond motifs is 1. The molecule has 0 aromatic heterocycles. The van der Waals surface area contributed by atoms with E-state index >= 15 is 0 Å². The van der Waals surface area contributed by atoms with Crippen molar-refractivity contribution in [1.82, 2.24) is 0 Å². The normalized spacial score (nSPS) is 14.5. The molecular weight excluding hydrogens is 556 g/mol. The van der Waals surface area contributed by atoms with Crippen molar-refractivity contribution in [2.45, 2.75) is 147 Å². The Labute approximate surface area is 293 Å². The van der Waals surface area contributed by atoms with Crippen LogP contribution in [0.15, 0.2) is 53.4 Å². The number of benzene rings is 2. The molecule has 1 aliphatic rings. The quantitative estimate of drug-likeness (QED) is 0.0906. The summed E-state index contributed by atoms with van der Waals surface area (Å²) in [6, 6.07) is 14.9. The SMILES string of the molecule is CCCCCCCCCCCCCCCCCCCCC1Nc2ccc(S(=O)(=O)[O-])cc2N1Cc1ccccc1.[K+]. The molecule has 0 radical (unpaired) electrons. The van der Waals surface area contributed by atoms with Crippen LogP contribution in [0.3, 0.4) is 0 Å². The third kappa shape index (κ3) is 14.3. The van der Waals surface area contributed by atoms with Crippen molar-refractivity contribution in [2.24, 2.45) is 0 Å². The van der Waals surface area contributed by atoms with Crippen LogP contribution in [0.1, 0.15) is 134 Å². The average molecular weight is 609 g/mol. The number of anilines is 2. The molecule has 3 rings (SSSR count). The molecule has 224 valence electrons. The van der Waals surface area contributed by atoms with Crippen molar-refractivity contribution in [3.63, 3.8) is 0 Å². The topological polar surface area (TPSA) is 72.5 Å². The van der Waals surface area contributed by atoms with Gasteiger partial charge in [0.05, 0.1) is 22.4 Å². The summed E-state index contributed by atoms with van der Waals surface area (Å²) in [6.07, 6.45) is 25.7. The fourth-order valence-corrected chi connectivity index (χ4v) is 6.39. The summed E-state index contributed by atoms with van der Waals surface area (Å²) < 4.78 is 34.9. The molecule has 0 spiro atoms. The molecule has 0 bridgehead atoms. The summed E-state index contributed by atoms with van der Waals surface area (Å²) in [5, 5.41) is 3.57. The van der Waals surface area contributed by atoms with Gasteiger partial charge in [0, 0.05) is 6.54 Å². The van der Waals surface area contributed by atoms with Gasteiger partial charge >= 0.3 is 51.4 Å². The smallest absolute Gasteiger partial charge is 0.744 e. The predicted molar refractivity (Wildman–Crippen MR) is 168 cm³/mol. The Morgan fingerprint density at radius 1 is 0.707 bits per heavy atom. The molecule has 0 fully saturated rings. The molecule has 0 aliphatic carbocycles. The molecule has 0 saturated carbocycles. The van der Waals surface area contributed by atoms with Crippen LogP contribution in [0.4, 0.5) is 11.4 Å². The van der Waals surface area contributed by atoms with Gasteiger partial charge in [0.1, 0.15) is 10.1 Å². The minimum Gasteiger partial charge on any atom is -0.744 e. The molecule has 1 unspecified atom stereocenters. The number of nitrogens with zero attached hydrogens (tertiary/aromatic N) is 1. The number of unbranched alkanes of at least 4 members (excludes halogenated alkanes) is 17. The van der Waals surface area contributed by atoms with E-state index in [1.807, 2.05) is 18.2 Å². The van der Waals surface area contributed by atoms with E-state index < -0.39 is 10.1 Å². The first-order valence-corrected chi connectivity index (χ1v) is 17.6. The van der Waals surface area contributed by atoms with E-state index in [0.29, 0.717) is 6.54 Å². The van der Waals surface area contributed by atoms with Crippen molar-refractivity contribution < 1.29 is 64.4 Å². The van der Waals surface area contributed by atoms with Crippen LogP contribution >= 0.6 is 0 Å². The van der Waals surface area contributed by atoms with Gasteiger partial charge in [-0.3, -0.25) is 0 Å². The van der Waals surface area contributed by atoms with E-state index in [9.17, 15) is 13.0 Å². The van der Waals surface area contributed by atoms with Crippen molar-refractivity contribution in [3.05, 3.63) is 54.1 Å². The first-order valence-electron chi connectivity index (χ1n) is 16.2. The second-order valence-corrected chi connectivity index (χ2v) is 13.1. The minimum absolute atomic E-state index is 0. The van der Waals surface area contributed by atoms with Crippen LogP contribution < -0.4 is 61.6 Å². The zero-order chi connectivity index (χ0) is 28.5. The van der Waals surface area contributed by atoms with E-state index in [-0.39, 0.29) is 62.4 Å². The summed E-state index contributed by atoms with van der Waals surface area (Å²) in [7, 11) is -4.49. The van der Waals surface area contributed by atoms with Crippen LogP contribution in [-0.4, -0.2) is 19.1 Å². The van der Waals surface area contributed by atoms with Crippen molar-refractivity contribution in [1.29, 1.82) is 0 Å². The van der Waals surface area contributed by atoms with Crippen LogP contribution in [0.2, 0.25) is 0 Å². The van der Waals surface area contributed by atoms with Gasteiger partial charge in [-0.25, -0.2) is 8.42 Å². The number of hydrogen-bond donors (Lipinski definition) is 1. The van der Waals surface area contributed by atoms with Gasteiger partial charge < -0.3 is 14.8 Å². The van der Waals surface area contributed by atoms with Gasteiger partial charge in [-0.15, -0.1) is 0 Å². The summed E-state index contributed by atoms with van der Waals surface area (Å²) in [6.45, 7) is 2.96. The fraction of sp³-hybridized carbons (Fsp3) is 0.647. The second kappa shape index (κ2) is 21.3. The molecule has 2 aromatic rings. The third-order valence-corrected chi connectivity index (χ3v) is 9.12. The Morgan fingerprint density at radius 3 is 1.68 bits per heavy atom. The zero-order valence-electron chi connectivity index (χ0n) is 25.9. The molecule has 1 atom stereocenters. The molecule has 7 heteroatoms. The minimum atomic E-state index is -4.49. The van der Waals surface area contributed by atoms with Crippen LogP contribution in [-0.2, 0) is 16.7 Å². The van der Waals surface area contributed by atoms with Gasteiger partial charge in [-0.05, 0) is 36.6 Å². The fourth-order valence-electron chi connectivity index (χ4n) is 5.89. The van der Waals surface area contributed by atoms with E-state index in [0.717, 1.165) is 29.8 Å². The van der Waals surface area contributed by atoms with E-state index in [4.69, 9.17) is 0 Å². The zero-order valence-corrected chi connectivity index (χ0v) is 29.9. The third-order valence-electron chi connectivity index (χ3n) is 8.29. The Hall–Kier alpha value is -0.414. The molecule has 1 aliphatic heterocycles. The molecule has 0 saturated heterocycles. The van der Waals surface area contributed by atoms with Gasteiger partial charge in [0.2, 0.25) is 0 Å². The van der Waals surface area contributed by atoms with E-state index in [1.54, 1.807) is 6.07 Å². The predicted octanol–water partition coefficient (Wildman–Crippen LogP) is 6.78. The van der Waals surface area contributed by atoms with Gasteiger partial charge in [0.25, 0.3) is 0 Å². The Morgan fingerprint density at radius 2 is 1.20 bits per heavy atom. The maximum Gasteiger partial charge on any atom is 1.00 e. The monoisotopic (exact) mass is 608 g/mol. The first-order chi connectivity index (χ1) is 19.5. The van der Waals surface area contributed by atoms with Gasteiger partial charge in [0.15, 0.2) is 0 Å². The molecule has 41 heavy (non-hydrogen) atoms. The van der Waals surface area contributed by atoms with Crippen molar-refractivity contribution in [3.8, 4) is 0 Å². The maximum absolute atomic E-state index is 11.6. The van der Waals surface area contributed by atoms with Crippen molar-refractivity contribution in [2.75, 3.05) is 10.2 Å². The summed E-state index contributed by atoms with van der Waals surface area (Å²) in [4.78, 5) is 2.05. The molecular formula is C34H53KN2O3S. The molecule has 1 N–H and O–H groups in total. The molecule has 0 amide bonds. The van der Waals surface area contributed by atoms with Gasteiger partial charge in [-0.1, -0.05) is 146 Å².